The number of benzene rings is 3. The van der Waals surface area contributed by atoms with Gasteiger partial charge in [-0.3, -0.25) is 14.9 Å². The molecular weight excluding hydrogens is 370 g/mol. The van der Waals surface area contributed by atoms with E-state index in [0.717, 1.165) is 5.69 Å². The summed E-state index contributed by atoms with van der Waals surface area (Å²) in [4.78, 5) is 22.5. The van der Waals surface area contributed by atoms with Gasteiger partial charge in [-0.2, -0.15) is 0 Å². The number of ether oxygens (including phenoxy) is 1. The van der Waals surface area contributed by atoms with E-state index in [1.807, 2.05) is 30.3 Å². The second-order valence-corrected chi connectivity index (χ2v) is 6.42. The molecule has 148 valence electrons. The highest BCUT2D eigenvalue weighted by Gasteiger charge is 2.15. The predicted octanol–water partition coefficient (Wildman–Crippen LogP) is 4.79. The van der Waals surface area contributed by atoms with Crippen LogP contribution in [-0.4, -0.2) is 17.4 Å². The summed E-state index contributed by atoms with van der Waals surface area (Å²) in [5.74, 6) is -0.344. The summed E-state index contributed by atoms with van der Waals surface area (Å²) >= 11 is 0. The Labute approximate surface area is 168 Å². The Bertz CT molecular complexity index is 975. The molecule has 29 heavy (non-hydrogen) atoms. The van der Waals surface area contributed by atoms with Crippen LogP contribution in [0.4, 0.5) is 17.1 Å². The number of hydrogen-bond acceptors (Lipinski definition) is 5. The van der Waals surface area contributed by atoms with Gasteiger partial charge in [0.2, 0.25) is 0 Å². The number of nitro groups is 1. The first-order valence-corrected chi connectivity index (χ1v) is 9.10. The largest absolute Gasteiger partial charge is 0.477 e. The first-order chi connectivity index (χ1) is 14.0. The molecule has 1 amide bonds. The molecule has 1 unspecified atom stereocenters. The molecule has 3 rings (SSSR count). The Kier molecular flexibility index (Phi) is 6.42. The minimum Gasteiger partial charge on any atom is -0.477 e. The van der Waals surface area contributed by atoms with E-state index in [9.17, 15) is 14.9 Å². The molecule has 0 aromatic heterocycles. The van der Waals surface area contributed by atoms with Crippen molar-refractivity contribution in [1.82, 2.24) is 0 Å². The minimum atomic E-state index is -0.546. The van der Waals surface area contributed by atoms with Crippen LogP contribution in [0.15, 0.2) is 78.9 Å². The highest BCUT2D eigenvalue weighted by Crippen LogP contribution is 2.26. The Morgan fingerprint density at radius 3 is 2.28 bits per heavy atom. The van der Waals surface area contributed by atoms with E-state index in [4.69, 9.17) is 4.74 Å². The fraction of sp³-hybridized carbons (Fsp3) is 0.136. The number of amides is 1. The standard InChI is InChI=1S/C22H21N3O4/c1-16(17-7-3-2-4-8-17)23-18-11-13-19(14-12-18)24-22(26)15-29-21-10-6-5-9-20(21)25(27)28/h2-14,16,23H,15H2,1H3,(H,24,26). The van der Waals surface area contributed by atoms with Gasteiger partial charge in [0.25, 0.3) is 5.91 Å². The van der Waals surface area contributed by atoms with Crippen LogP contribution >= 0.6 is 0 Å². The number of nitrogens with one attached hydrogen (secondary N) is 2. The molecule has 7 heteroatoms. The Morgan fingerprint density at radius 1 is 0.966 bits per heavy atom. The van der Waals surface area contributed by atoms with Crippen molar-refractivity contribution in [2.24, 2.45) is 0 Å². The van der Waals surface area contributed by atoms with Gasteiger partial charge in [0.05, 0.1) is 4.92 Å². The summed E-state index contributed by atoms with van der Waals surface area (Å²) in [7, 11) is 0. The molecular formula is C22H21N3O4. The van der Waals surface area contributed by atoms with Crippen molar-refractivity contribution in [3.8, 4) is 5.75 Å². The van der Waals surface area contributed by atoms with Gasteiger partial charge in [-0.25, -0.2) is 0 Å². The lowest BCUT2D eigenvalue weighted by atomic mass is 10.1. The molecule has 0 saturated heterocycles. The molecule has 3 aromatic rings. The molecule has 0 aliphatic carbocycles. The van der Waals surface area contributed by atoms with E-state index in [1.54, 1.807) is 24.3 Å². The van der Waals surface area contributed by atoms with Crippen molar-refractivity contribution < 1.29 is 14.5 Å². The van der Waals surface area contributed by atoms with Crippen molar-refractivity contribution >= 4 is 23.0 Å². The number of carbonyl (C=O) groups excluding carboxylic acids is 1. The highest BCUT2D eigenvalue weighted by molar-refractivity contribution is 5.92. The van der Waals surface area contributed by atoms with Gasteiger partial charge in [-0.1, -0.05) is 42.5 Å². The predicted molar refractivity (Wildman–Crippen MR) is 112 cm³/mol. The normalized spacial score (nSPS) is 11.3. The first kappa shape index (κ1) is 19.9. The Hall–Kier alpha value is -3.87. The molecule has 0 bridgehead atoms. The molecule has 0 spiro atoms. The van der Waals surface area contributed by atoms with Crippen LogP contribution in [-0.2, 0) is 4.79 Å². The average Bonchev–Trinajstić information content (AvgIpc) is 2.74. The van der Waals surface area contributed by atoms with Gasteiger partial charge in [-0.15, -0.1) is 0 Å². The molecule has 0 fully saturated rings. The zero-order valence-corrected chi connectivity index (χ0v) is 15.9. The van der Waals surface area contributed by atoms with E-state index in [0.29, 0.717) is 5.69 Å². The van der Waals surface area contributed by atoms with Crippen molar-refractivity contribution in [2.45, 2.75) is 13.0 Å². The highest BCUT2D eigenvalue weighted by atomic mass is 16.6. The summed E-state index contributed by atoms with van der Waals surface area (Å²) < 4.78 is 5.29. The zero-order chi connectivity index (χ0) is 20.6. The van der Waals surface area contributed by atoms with E-state index < -0.39 is 10.8 Å². The van der Waals surface area contributed by atoms with Gasteiger partial charge in [0.1, 0.15) is 0 Å². The van der Waals surface area contributed by atoms with E-state index in [-0.39, 0.29) is 24.1 Å². The maximum atomic E-state index is 12.1. The Morgan fingerprint density at radius 2 is 1.59 bits per heavy atom. The lowest BCUT2D eigenvalue weighted by Crippen LogP contribution is -2.20. The second-order valence-electron chi connectivity index (χ2n) is 6.42. The number of anilines is 2. The summed E-state index contributed by atoms with van der Waals surface area (Å²) in [6, 6.07) is 23.5. The number of rotatable bonds is 8. The zero-order valence-electron chi connectivity index (χ0n) is 15.9. The summed E-state index contributed by atoms with van der Waals surface area (Å²) in [6.45, 7) is 1.75. The lowest BCUT2D eigenvalue weighted by molar-refractivity contribution is -0.385. The second kappa shape index (κ2) is 9.36. The van der Waals surface area contributed by atoms with Crippen molar-refractivity contribution in [1.29, 1.82) is 0 Å². The van der Waals surface area contributed by atoms with Gasteiger partial charge in [0.15, 0.2) is 12.4 Å². The summed E-state index contributed by atoms with van der Waals surface area (Å²) in [6.07, 6.45) is 0. The third-order valence-electron chi connectivity index (χ3n) is 4.27. The fourth-order valence-electron chi connectivity index (χ4n) is 2.80. The number of hydrogen-bond donors (Lipinski definition) is 2. The van der Waals surface area contributed by atoms with Gasteiger partial charge < -0.3 is 15.4 Å². The van der Waals surface area contributed by atoms with Crippen molar-refractivity contribution in [3.05, 3.63) is 94.5 Å². The number of carbonyl (C=O) groups is 1. The molecule has 0 aliphatic rings. The maximum absolute atomic E-state index is 12.1. The van der Waals surface area contributed by atoms with Crippen LogP contribution in [0.2, 0.25) is 0 Å². The average molecular weight is 391 g/mol. The van der Waals surface area contributed by atoms with Crippen LogP contribution in [0, 0.1) is 10.1 Å². The summed E-state index contributed by atoms with van der Waals surface area (Å²) in [5, 5.41) is 17.1. The van der Waals surface area contributed by atoms with Crippen molar-refractivity contribution in [3.63, 3.8) is 0 Å². The molecule has 0 saturated carbocycles. The number of nitro benzene ring substituents is 1. The topological polar surface area (TPSA) is 93.5 Å². The molecule has 0 heterocycles. The fourth-order valence-corrected chi connectivity index (χ4v) is 2.80. The Balaban J connectivity index is 1.53. The maximum Gasteiger partial charge on any atom is 0.310 e. The van der Waals surface area contributed by atoms with Crippen LogP contribution in [0.5, 0.6) is 5.75 Å². The van der Waals surface area contributed by atoms with E-state index in [1.165, 1.54) is 17.7 Å². The molecule has 2 N–H and O–H groups in total. The third kappa shape index (κ3) is 5.55. The quantitative estimate of drug-likeness (QED) is 0.425. The third-order valence-corrected chi connectivity index (χ3v) is 4.27. The molecule has 7 nitrogen and oxygen atoms in total. The van der Waals surface area contributed by atoms with Crippen LogP contribution in [0.1, 0.15) is 18.5 Å². The molecule has 3 aromatic carbocycles. The molecule has 0 aliphatic heterocycles. The SMILES string of the molecule is CC(Nc1ccc(NC(=O)COc2ccccc2[N+](=O)[O-])cc1)c1ccccc1. The van der Waals surface area contributed by atoms with Gasteiger partial charge in [0, 0.05) is 23.5 Å². The minimum absolute atomic E-state index is 0.0575. The molecule has 0 radical (unpaired) electrons. The lowest BCUT2D eigenvalue weighted by Gasteiger charge is -2.16. The number of para-hydroxylation sites is 2. The van der Waals surface area contributed by atoms with E-state index in [2.05, 4.69) is 29.7 Å². The first-order valence-electron chi connectivity index (χ1n) is 9.10. The van der Waals surface area contributed by atoms with Crippen LogP contribution in [0.3, 0.4) is 0 Å². The number of nitrogens with zero attached hydrogens (tertiary/aromatic N) is 1. The van der Waals surface area contributed by atoms with Crippen LogP contribution < -0.4 is 15.4 Å². The smallest absolute Gasteiger partial charge is 0.310 e. The van der Waals surface area contributed by atoms with Gasteiger partial charge >= 0.3 is 5.69 Å². The monoisotopic (exact) mass is 391 g/mol. The van der Waals surface area contributed by atoms with E-state index >= 15 is 0 Å². The van der Waals surface area contributed by atoms with Crippen LogP contribution in [0.25, 0.3) is 0 Å². The van der Waals surface area contributed by atoms with Crippen molar-refractivity contribution in [2.75, 3.05) is 17.2 Å². The summed E-state index contributed by atoms with van der Waals surface area (Å²) in [5.41, 5.74) is 2.54. The molecule has 1 atom stereocenters. The van der Waals surface area contributed by atoms with Gasteiger partial charge in [-0.05, 0) is 42.8 Å².